The minimum absolute atomic E-state index is 0.984. The fraction of sp³-hybridized carbons (Fsp3) is 0.400. The van der Waals surface area contributed by atoms with Crippen molar-refractivity contribution in [1.29, 1.82) is 0 Å². The van der Waals surface area contributed by atoms with Crippen molar-refractivity contribution in [1.82, 2.24) is 5.53 Å². The average molecular weight is 309 g/mol. The van der Waals surface area contributed by atoms with E-state index in [0.717, 1.165) is 13.1 Å². The van der Waals surface area contributed by atoms with Gasteiger partial charge in [0.15, 0.2) is 0 Å². The Balaban J connectivity index is 1.91. The summed E-state index contributed by atoms with van der Waals surface area (Å²) >= 11 is 0. The number of anilines is 2. The zero-order chi connectivity index (χ0) is 16.7. The van der Waals surface area contributed by atoms with Gasteiger partial charge in [0.25, 0.3) is 0 Å². The summed E-state index contributed by atoms with van der Waals surface area (Å²) in [5.74, 6) is 0. The van der Waals surface area contributed by atoms with Crippen molar-refractivity contribution >= 4 is 11.4 Å². The molecule has 1 fully saturated rings. The molecule has 2 aromatic carbocycles. The van der Waals surface area contributed by atoms with Crippen LogP contribution in [0.25, 0.3) is 0 Å². The number of hydrogen-bond donors (Lipinski definition) is 1. The molecule has 23 heavy (non-hydrogen) atoms. The van der Waals surface area contributed by atoms with E-state index in [1.807, 2.05) is 0 Å². The minimum Gasteiger partial charge on any atom is -0.288 e. The monoisotopic (exact) mass is 309 g/mol. The number of rotatable bonds is 2. The van der Waals surface area contributed by atoms with Crippen molar-refractivity contribution < 1.29 is 0 Å². The molecule has 3 heteroatoms. The number of hydrazine groups is 2. The van der Waals surface area contributed by atoms with Crippen molar-refractivity contribution in [2.75, 3.05) is 23.1 Å². The van der Waals surface area contributed by atoms with E-state index in [9.17, 15) is 0 Å². The van der Waals surface area contributed by atoms with E-state index in [2.05, 4.69) is 81.4 Å². The zero-order valence-electron chi connectivity index (χ0n) is 15.1. The normalized spacial score (nSPS) is 14.7. The molecule has 0 unspecified atom stereocenters. The Labute approximate surface area is 139 Å². The predicted octanol–water partition coefficient (Wildman–Crippen LogP) is 4.28. The van der Waals surface area contributed by atoms with Crippen LogP contribution in [0.5, 0.6) is 0 Å². The maximum atomic E-state index is 3.59. The predicted molar refractivity (Wildman–Crippen MR) is 99.1 cm³/mol. The smallest absolute Gasteiger partial charge is 0.0596 e. The third-order valence-corrected chi connectivity index (χ3v) is 4.60. The van der Waals surface area contributed by atoms with Gasteiger partial charge in [-0.2, -0.15) is 0 Å². The molecule has 0 aromatic heterocycles. The zero-order valence-corrected chi connectivity index (χ0v) is 15.1. The van der Waals surface area contributed by atoms with Gasteiger partial charge in [-0.1, -0.05) is 35.4 Å². The van der Waals surface area contributed by atoms with E-state index in [-0.39, 0.29) is 0 Å². The lowest BCUT2D eigenvalue weighted by Gasteiger charge is -2.27. The van der Waals surface area contributed by atoms with Crippen LogP contribution < -0.4 is 15.6 Å². The average Bonchev–Trinajstić information content (AvgIpc) is 2.85. The molecule has 0 saturated carbocycles. The summed E-state index contributed by atoms with van der Waals surface area (Å²) in [4.78, 5) is 0. The van der Waals surface area contributed by atoms with Gasteiger partial charge in [-0.05, 0) is 63.8 Å². The first-order chi connectivity index (χ1) is 10.9. The highest BCUT2D eigenvalue weighted by Gasteiger charge is 2.24. The van der Waals surface area contributed by atoms with Crippen molar-refractivity contribution in [3.05, 3.63) is 57.6 Å². The molecule has 3 rings (SSSR count). The summed E-state index contributed by atoms with van der Waals surface area (Å²) in [6.07, 6.45) is 0. The Bertz CT molecular complexity index is 639. The Morgan fingerprint density at radius 2 is 0.913 bits per heavy atom. The van der Waals surface area contributed by atoms with Gasteiger partial charge < -0.3 is 0 Å². The van der Waals surface area contributed by atoms with Crippen LogP contribution in [-0.4, -0.2) is 13.1 Å². The van der Waals surface area contributed by atoms with Gasteiger partial charge in [0.05, 0.1) is 24.5 Å². The molecule has 0 aliphatic carbocycles. The highest BCUT2D eigenvalue weighted by atomic mass is 15.8. The molecule has 0 bridgehead atoms. The van der Waals surface area contributed by atoms with Gasteiger partial charge in [0, 0.05) is 0 Å². The summed E-state index contributed by atoms with van der Waals surface area (Å²) in [6, 6.07) is 9.04. The van der Waals surface area contributed by atoms with E-state index >= 15 is 0 Å². The van der Waals surface area contributed by atoms with Crippen LogP contribution in [0.2, 0.25) is 0 Å². The van der Waals surface area contributed by atoms with E-state index < -0.39 is 0 Å². The van der Waals surface area contributed by atoms with Crippen LogP contribution in [0.4, 0.5) is 11.4 Å². The lowest BCUT2D eigenvalue weighted by atomic mass is 10.0. The van der Waals surface area contributed by atoms with Gasteiger partial charge in [-0.25, -0.2) is 0 Å². The highest BCUT2D eigenvalue weighted by Crippen LogP contribution is 2.30. The summed E-state index contributed by atoms with van der Waals surface area (Å²) in [5.41, 5.74) is 14.2. The van der Waals surface area contributed by atoms with Crippen LogP contribution in [0.1, 0.15) is 33.4 Å². The van der Waals surface area contributed by atoms with Crippen molar-refractivity contribution in [2.24, 2.45) is 0 Å². The van der Waals surface area contributed by atoms with Gasteiger partial charge in [-0.15, -0.1) is 5.53 Å². The number of nitrogens with zero attached hydrogens (tertiary/aromatic N) is 2. The van der Waals surface area contributed by atoms with Crippen molar-refractivity contribution in [3.8, 4) is 0 Å². The molecule has 0 atom stereocenters. The third kappa shape index (κ3) is 2.93. The van der Waals surface area contributed by atoms with Crippen LogP contribution in [0, 0.1) is 41.5 Å². The first kappa shape index (κ1) is 15.9. The number of aryl methyl sites for hydroxylation is 6. The van der Waals surface area contributed by atoms with Crippen LogP contribution in [-0.2, 0) is 0 Å². The van der Waals surface area contributed by atoms with Crippen LogP contribution in [0.15, 0.2) is 24.3 Å². The fourth-order valence-electron chi connectivity index (χ4n) is 3.97. The Hall–Kier alpha value is -2.00. The molecule has 0 radical (unpaired) electrons. The molecule has 2 aromatic rings. The van der Waals surface area contributed by atoms with E-state index in [0.29, 0.717) is 0 Å². The lowest BCUT2D eigenvalue weighted by molar-refractivity contribution is 0.727. The number of benzene rings is 2. The quantitative estimate of drug-likeness (QED) is 0.893. The molecule has 1 aliphatic heterocycles. The standard InChI is InChI=1S/C20H27N3/c1-13-9-15(3)19(16(4)10-13)22-7-8-23(21-22)20-17(5)11-14(2)12-18(20)6/h9-12,21H,7-8H2,1-6H3. The molecule has 0 spiro atoms. The first-order valence-electron chi connectivity index (χ1n) is 8.34. The number of hydrogen-bond acceptors (Lipinski definition) is 3. The van der Waals surface area contributed by atoms with Gasteiger partial charge >= 0.3 is 0 Å². The Morgan fingerprint density at radius 3 is 1.22 bits per heavy atom. The second kappa shape index (κ2) is 5.89. The molecule has 3 nitrogen and oxygen atoms in total. The van der Waals surface area contributed by atoms with E-state index in [1.165, 1.54) is 44.8 Å². The summed E-state index contributed by atoms with van der Waals surface area (Å²) < 4.78 is 0. The minimum atomic E-state index is 0.984. The second-order valence-electron chi connectivity index (χ2n) is 6.90. The second-order valence-corrected chi connectivity index (χ2v) is 6.90. The third-order valence-electron chi connectivity index (χ3n) is 4.60. The molecule has 1 heterocycles. The maximum Gasteiger partial charge on any atom is 0.0596 e. The molecule has 0 amide bonds. The van der Waals surface area contributed by atoms with Gasteiger partial charge in [0.1, 0.15) is 0 Å². The fourth-order valence-corrected chi connectivity index (χ4v) is 3.97. The summed E-state index contributed by atoms with van der Waals surface area (Å²) in [6.45, 7) is 15.1. The summed E-state index contributed by atoms with van der Waals surface area (Å²) in [5, 5.41) is 4.56. The summed E-state index contributed by atoms with van der Waals surface area (Å²) in [7, 11) is 0. The highest BCUT2D eigenvalue weighted by molar-refractivity contribution is 5.64. The van der Waals surface area contributed by atoms with E-state index in [4.69, 9.17) is 0 Å². The SMILES string of the molecule is Cc1cc(C)c(N2CCN(c3c(C)cc(C)cc3C)N2)c(C)c1. The Kier molecular flexibility index (Phi) is 4.07. The molecular weight excluding hydrogens is 282 g/mol. The van der Waals surface area contributed by atoms with Crippen LogP contribution in [0.3, 0.4) is 0 Å². The van der Waals surface area contributed by atoms with E-state index in [1.54, 1.807) is 0 Å². The van der Waals surface area contributed by atoms with Gasteiger partial charge in [-0.3, -0.25) is 10.0 Å². The maximum absolute atomic E-state index is 3.59. The number of nitrogens with one attached hydrogen (secondary N) is 1. The van der Waals surface area contributed by atoms with Crippen molar-refractivity contribution in [2.45, 2.75) is 41.5 Å². The van der Waals surface area contributed by atoms with Crippen LogP contribution >= 0.6 is 0 Å². The van der Waals surface area contributed by atoms with Gasteiger partial charge in [0.2, 0.25) is 0 Å². The molecule has 1 N–H and O–H groups in total. The van der Waals surface area contributed by atoms with Crippen molar-refractivity contribution in [3.63, 3.8) is 0 Å². The molecular formula is C20H27N3. The topological polar surface area (TPSA) is 18.5 Å². The largest absolute Gasteiger partial charge is 0.288 e. The lowest BCUT2D eigenvalue weighted by Crippen LogP contribution is -2.41. The molecule has 1 saturated heterocycles. The molecule has 1 aliphatic rings. The molecule has 122 valence electrons. The Morgan fingerprint density at radius 1 is 0.609 bits per heavy atom. The first-order valence-corrected chi connectivity index (χ1v) is 8.34.